The SMILES string of the molecule is CCN(C(=O)c1cc(F)ccc1-c1cc(C2CN([C@H](CCCN3CCN(C4(CO)COC4)CC3)C(C)C)C2)cn2c(C)ncc12)C(C)C. The molecule has 1 amide bonds. The van der Waals surface area contributed by atoms with Crippen LogP contribution in [0.1, 0.15) is 75.1 Å². The van der Waals surface area contributed by atoms with Crippen LogP contribution in [-0.4, -0.2) is 130 Å². The zero-order chi connectivity index (χ0) is 34.2. The molecule has 1 atom stereocenters. The summed E-state index contributed by atoms with van der Waals surface area (Å²) in [6.45, 7) is 21.9. The van der Waals surface area contributed by atoms with Crippen LogP contribution in [0.3, 0.4) is 0 Å². The van der Waals surface area contributed by atoms with Crippen LogP contribution >= 0.6 is 0 Å². The molecule has 3 aliphatic rings. The van der Waals surface area contributed by atoms with Crippen molar-refractivity contribution in [2.45, 2.75) is 77.9 Å². The molecule has 0 radical (unpaired) electrons. The molecule has 10 heteroatoms. The molecule has 9 nitrogen and oxygen atoms in total. The van der Waals surface area contributed by atoms with Crippen molar-refractivity contribution >= 4 is 11.4 Å². The normalized spacial score (nSPS) is 20.0. The lowest BCUT2D eigenvalue weighted by Gasteiger charge is -2.51. The van der Waals surface area contributed by atoms with E-state index < -0.39 is 5.82 Å². The molecule has 1 N–H and O–H groups in total. The topological polar surface area (TPSA) is 76.8 Å². The molecule has 0 bridgehead atoms. The molecule has 3 aliphatic heterocycles. The summed E-state index contributed by atoms with van der Waals surface area (Å²) in [7, 11) is 0. The lowest BCUT2D eigenvalue weighted by Crippen LogP contribution is -2.68. The van der Waals surface area contributed by atoms with Crippen LogP contribution in [0.5, 0.6) is 0 Å². The van der Waals surface area contributed by atoms with Crippen molar-refractivity contribution in [3.63, 3.8) is 0 Å². The number of halogens is 1. The van der Waals surface area contributed by atoms with Crippen molar-refractivity contribution < 1.29 is 19.0 Å². The van der Waals surface area contributed by atoms with Crippen molar-refractivity contribution in [2.75, 3.05) is 72.2 Å². The summed E-state index contributed by atoms with van der Waals surface area (Å²) in [5, 5.41) is 9.91. The summed E-state index contributed by atoms with van der Waals surface area (Å²) in [6, 6.07) is 7.36. The van der Waals surface area contributed by atoms with Crippen molar-refractivity contribution in [3.05, 3.63) is 59.4 Å². The van der Waals surface area contributed by atoms with E-state index in [9.17, 15) is 14.3 Å². The molecule has 0 spiro atoms. The zero-order valence-corrected chi connectivity index (χ0v) is 29.8. The molecule has 2 aromatic heterocycles. The van der Waals surface area contributed by atoms with E-state index in [4.69, 9.17) is 4.74 Å². The molecule has 0 unspecified atom stereocenters. The number of carbonyl (C=O) groups excluding carboxylic acids is 1. The lowest BCUT2D eigenvalue weighted by molar-refractivity contribution is -0.168. The van der Waals surface area contributed by atoms with Crippen LogP contribution in [0.2, 0.25) is 0 Å². The Hall–Kier alpha value is -2.89. The van der Waals surface area contributed by atoms with Gasteiger partial charge in [0.05, 0.1) is 42.6 Å². The van der Waals surface area contributed by atoms with Gasteiger partial charge < -0.3 is 24.0 Å². The van der Waals surface area contributed by atoms with E-state index in [0.717, 1.165) is 68.3 Å². The smallest absolute Gasteiger partial charge is 0.254 e. The first-order valence-electron chi connectivity index (χ1n) is 18.0. The minimum absolute atomic E-state index is 0.00848. The van der Waals surface area contributed by atoms with Gasteiger partial charge in [0.15, 0.2) is 0 Å². The van der Waals surface area contributed by atoms with Gasteiger partial charge in [0.2, 0.25) is 0 Å². The van der Waals surface area contributed by atoms with E-state index >= 15 is 0 Å². The number of aliphatic hydroxyl groups is 1. The van der Waals surface area contributed by atoms with Crippen LogP contribution in [0.25, 0.3) is 16.6 Å². The number of pyridine rings is 1. The highest BCUT2D eigenvalue weighted by molar-refractivity contribution is 6.03. The lowest BCUT2D eigenvalue weighted by atomic mass is 9.85. The molecular formula is C38H55FN6O3. The van der Waals surface area contributed by atoms with Gasteiger partial charge in [-0.1, -0.05) is 19.9 Å². The van der Waals surface area contributed by atoms with Crippen molar-refractivity contribution in [1.29, 1.82) is 0 Å². The molecule has 1 aromatic carbocycles. The molecule has 6 rings (SSSR count). The third-order valence-electron chi connectivity index (χ3n) is 11.2. The van der Waals surface area contributed by atoms with E-state index in [1.54, 1.807) is 11.0 Å². The molecular weight excluding hydrogens is 607 g/mol. The standard InChI is InChI=1S/C38H55FN6O3/c1-7-44(27(4)5)37(47)34-18-31(39)10-11-32(34)33-17-29(22-45-28(6)40-19-36(33)45)30-20-42(21-30)35(26(2)3)9-8-12-41-13-15-43(16-14-41)38(23-46)24-48-25-38/h10-11,17-19,22,26-27,30,35,46H,7-9,12-16,20-21,23-25H2,1-6H3/t35-/m1/s1. The molecule has 3 fully saturated rings. The second kappa shape index (κ2) is 14.5. The fourth-order valence-electron chi connectivity index (χ4n) is 8.12. The number of ether oxygens (including phenoxy) is 1. The van der Waals surface area contributed by atoms with E-state index in [2.05, 4.69) is 50.2 Å². The van der Waals surface area contributed by atoms with Gasteiger partial charge in [-0.05, 0) is 82.3 Å². The summed E-state index contributed by atoms with van der Waals surface area (Å²) in [5.41, 5.74) is 4.07. The van der Waals surface area contributed by atoms with Crippen molar-refractivity contribution in [2.24, 2.45) is 5.92 Å². The summed E-state index contributed by atoms with van der Waals surface area (Å²) >= 11 is 0. The van der Waals surface area contributed by atoms with Gasteiger partial charge in [0.1, 0.15) is 11.6 Å². The summed E-state index contributed by atoms with van der Waals surface area (Å²) in [6.07, 6.45) is 6.42. The number of nitrogens with zero attached hydrogens (tertiary/aromatic N) is 6. The van der Waals surface area contributed by atoms with Crippen LogP contribution in [-0.2, 0) is 4.74 Å². The molecule has 48 heavy (non-hydrogen) atoms. The number of carbonyl (C=O) groups is 1. The Morgan fingerprint density at radius 1 is 1.10 bits per heavy atom. The first-order valence-corrected chi connectivity index (χ1v) is 18.0. The number of aromatic nitrogens is 2. The first-order chi connectivity index (χ1) is 23.0. The molecule has 3 aromatic rings. The van der Waals surface area contributed by atoms with Crippen molar-refractivity contribution in [1.82, 2.24) is 29.0 Å². The number of hydrogen-bond donors (Lipinski definition) is 1. The molecule has 3 saturated heterocycles. The number of fused-ring (bicyclic) bond motifs is 1. The predicted molar refractivity (Wildman–Crippen MR) is 188 cm³/mol. The monoisotopic (exact) mass is 662 g/mol. The van der Waals surface area contributed by atoms with E-state index in [0.29, 0.717) is 43.2 Å². The maximum absolute atomic E-state index is 14.6. The zero-order valence-electron chi connectivity index (χ0n) is 29.8. The number of aliphatic hydroxyl groups excluding tert-OH is 1. The highest BCUT2D eigenvalue weighted by atomic mass is 19.1. The largest absolute Gasteiger partial charge is 0.394 e. The Labute approximate surface area is 285 Å². The molecule has 5 heterocycles. The van der Waals surface area contributed by atoms with Crippen LogP contribution < -0.4 is 0 Å². The average Bonchev–Trinajstić information content (AvgIpc) is 3.40. The Bertz CT molecular complexity index is 1570. The van der Waals surface area contributed by atoms with Crippen LogP contribution in [0, 0.1) is 18.7 Å². The Balaban J connectivity index is 1.14. The quantitative estimate of drug-likeness (QED) is 0.279. The third kappa shape index (κ3) is 6.79. The minimum atomic E-state index is -0.408. The van der Waals surface area contributed by atoms with Gasteiger partial charge in [-0.2, -0.15) is 0 Å². The van der Waals surface area contributed by atoms with Crippen molar-refractivity contribution in [3.8, 4) is 11.1 Å². The maximum Gasteiger partial charge on any atom is 0.254 e. The second-order valence-corrected chi connectivity index (χ2v) is 14.9. The average molecular weight is 663 g/mol. The van der Waals surface area contributed by atoms with Gasteiger partial charge >= 0.3 is 0 Å². The fraction of sp³-hybridized carbons (Fsp3) is 0.632. The maximum atomic E-state index is 14.6. The number of rotatable bonds is 13. The minimum Gasteiger partial charge on any atom is -0.394 e. The number of piperazine rings is 1. The molecule has 0 aliphatic carbocycles. The number of aryl methyl sites for hydroxylation is 1. The number of amides is 1. The fourth-order valence-corrected chi connectivity index (χ4v) is 8.12. The van der Waals surface area contributed by atoms with Gasteiger partial charge in [-0.3, -0.25) is 14.6 Å². The van der Waals surface area contributed by atoms with Crippen LogP contribution in [0.4, 0.5) is 4.39 Å². The molecule has 262 valence electrons. The third-order valence-corrected chi connectivity index (χ3v) is 11.2. The van der Waals surface area contributed by atoms with E-state index in [-0.39, 0.29) is 24.1 Å². The van der Waals surface area contributed by atoms with Gasteiger partial charge in [-0.25, -0.2) is 9.37 Å². The van der Waals surface area contributed by atoms with Gasteiger partial charge in [-0.15, -0.1) is 0 Å². The Kier molecular flexibility index (Phi) is 10.6. The number of benzene rings is 1. The van der Waals surface area contributed by atoms with Gasteiger partial charge in [0, 0.05) is 75.6 Å². The number of likely N-dealkylation sites (tertiary alicyclic amines) is 1. The first kappa shape index (κ1) is 35.0. The summed E-state index contributed by atoms with van der Waals surface area (Å²) in [4.78, 5) is 27.8. The second-order valence-electron chi connectivity index (χ2n) is 14.9. The highest BCUT2D eigenvalue weighted by Crippen LogP contribution is 2.37. The van der Waals surface area contributed by atoms with Crippen LogP contribution in [0.15, 0.2) is 36.7 Å². The highest BCUT2D eigenvalue weighted by Gasteiger charge is 2.44. The number of hydrogen-bond acceptors (Lipinski definition) is 7. The molecule has 0 saturated carbocycles. The van der Waals surface area contributed by atoms with E-state index in [1.165, 1.54) is 30.5 Å². The Morgan fingerprint density at radius 3 is 2.44 bits per heavy atom. The van der Waals surface area contributed by atoms with E-state index in [1.807, 2.05) is 33.9 Å². The van der Waals surface area contributed by atoms with Gasteiger partial charge in [0.25, 0.3) is 5.91 Å². The summed E-state index contributed by atoms with van der Waals surface area (Å²) in [5.74, 6) is 1.27. The number of imidazole rings is 1. The predicted octanol–water partition coefficient (Wildman–Crippen LogP) is 4.90. The Morgan fingerprint density at radius 2 is 1.83 bits per heavy atom. The summed E-state index contributed by atoms with van der Waals surface area (Å²) < 4.78 is 22.2.